The molecule has 0 radical (unpaired) electrons. The molecule has 0 saturated carbocycles. The Hall–Kier alpha value is -2.76. The van der Waals surface area contributed by atoms with E-state index in [9.17, 15) is 0 Å². The Kier molecular flexibility index (Phi) is 5.72. The third kappa shape index (κ3) is 4.70. The van der Waals surface area contributed by atoms with E-state index in [2.05, 4.69) is 50.5 Å². The molecular formula is C22H24N4O. The van der Waals surface area contributed by atoms with E-state index in [-0.39, 0.29) is 0 Å². The molecule has 3 heterocycles. The number of hydrogen-bond donors (Lipinski definition) is 1. The highest BCUT2D eigenvalue weighted by Crippen LogP contribution is 2.24. The standard InChI is InChI=1S/C22H24N4O/c1-2-20(14-24-9-1)22-15-25-12-13-26(22)16-18-3-5-21(6-4-18)27-17-19-7-10-23-11-8-19/h1-11,14,22,25H,12-13,15-17H2. The Bertz CT molecular complexity index is 824. The van der Waals surface area contributed by atoms with Gasteiger partial charge < -0.3 is 10.1 Å². The van der Waals surface area contributed by atoms with E-state index in [1.54, 1.807) is 12.4 Å². The number of nitrogens with zero attached hydrogens (tertiary/aromatic N) is 3. The Morgan fingerprint density at radius 2 is 1.81 bits per heavy atom. The number of nitrogens with one attached hydrogen (secondary N) is 1. The summed E-state index contributed by atoms with van der Waals surface area (Å²) in [6.45, 7) is 4.48. The number of benzene rings is 1. The number of rotatable bonds is 6. The minimum Gasteiger partial charge on any atom is -0.489 e. The lowest BCUT2D eigenvalue weighted by molar-refractivity contribution is 0.153. The summed E-state index contributed by atoms with van der Waals surface area (Å²) in [5.41, 5.74) is 3.68. The second kappa shape index (κ2) is 8.75. The Morgan fingerprint density at radius 1 is 0.963 bits per heavy atom. The molecule has 138 valence electrons. The van der Waals surface area contributed by atoms with E-state index in [4.69, 9.17) is 4.74 Å². The SMILES string of the molecule is c1cncc(C2CNCCN2Cc2ccc(OCc3ccncc3)cc2)c1. The van der Waals surface area contributed by atoms with Crippen LogP contribution >= 0.6 is 0 Å². The minimum atomic E-state index is 0.357. The summed E-state index contributed by atoms with van der Waals surface area (Å²) in [6, 6.07) is 16.9. The highest BCUT2D eigenvalue weighted by Gasteiger charge is 2.23. The third-order valence-corrected chi connectivity index (χ3v) is 4.89. The van der Waals surface area contributed by atoms with Gasteiger partial charge in [-0.3, -0.25) is 14.9 Å². The van der Waals surface area contributed by atoms with Crippen molar-refractivity contribution >= 4 is 0 Å². The van der Waals surface area contributed by atoms with E-state index < -0.39 is 0 Å². The highest BCUT2D eigenvalue weighted by molar-refractivity contribution is 5.28. The van der Waals surface area contributed by atoms with Crippen LogP contribution in [-0.2, 0) is 13.2 Å². The van der Waals surface area contributed by atoms with Crippen molar-refractivity contribution in [2.24, 2.45) is 0 Å². The van der Waals surface area contributed by atoms with Gasteiger partial charge in [0.1, 0.15) is 12.4 Å². The first-order chi connectivity index (χ1) is 13.4. The van der Waals surface area contributed by atoms with Gasteiger partial charge in [0.05, 0.1) is 0 Å². The van der Waals surface area contributed by atoms with Crippen molar-refractivity contribution in [2.75, 3.05) is 19.6 Å². The second-order valence-corrected chi connectivity index (χ2v) is 6.76. The summed E-state index contributed by atoms with van der Waals surface area (Å²) in [5.74, 6) is 0.889. The lowest BCUT2D eigenvalue weighted by Crippen LogP contribution is -2.45. The normalized spacial score (nSPS) is 17.6. The topological polar surface area (TPSA) is 50.3 Å². The molecule has 27 heavy (non-hydrogen) atoms. The molecule has 4 rings (SSSR count). The average molecular weight is 360 g/mol. The lowest BCUT2D eigenvalue weighted by Gasteiger charge is -2.36. The summed E-state index contributed by atoms with van der Waals surface area (Å²) in [6.07, 6.45) is 7.37. The van der Waals surface area contributed by atoms with Crippen LogP contribution in [0, 0.1) is 0 Å². The maximum Gasteiger partial charge on any atom is 0.119 e. The van der Waals surface area contributed by atoms with Crippen LogP contribution < -0.4 is 10.1 Å². The first-order valence-corrected chi connectivity index (χ1v) is 9.34. The molecule has 5 nitrogen and oxygen atoms in total. The van der Waals surface area contributed by atoms with Crippen molar-refractivity contribution in [2.45, 2.75) is 19.2 Å². The van der Waals surface area contributed by atoms with Crippen LogP contribution in [0.15, 0.2) is 73.3 Å². The van der Waals surface area contributed by atoms with Crippen LogP contribution in [0.2, 0.25) is 0 Å². The van der Waals surface area contributed by atoms with Crippen molar-refractivity contribution in [1.29, 1.82) is 0 Å². The number of pyridine rings is 2. The van der Waals surface area contributed by atoms with E-state index in [1.807, 2.05) is 30.6 Å². The number of hydrogen-bond acceptors (Lipinski definition) is 5. The van der Waals surface area contributed by atoms with Crippen LogP contribution in [0.1, 0.15) is 22.7 Å². The van der Waals surface area contributed by atoms with E-state index >= 15 is 0 Å². The fraction of sp³-hybridized carbons (Fsp3) is 0.273. The predicted octanol–water partition coefficient (Wildman–Crippen LogP) is 3.20. The van der Waals surface area contributed by atoms with Crippen molar-refractivity contribution in [3.63, 3.8) is 0 Å². The zero-order chi connectivity index (χ0) is 18.3. The average Bonchev–Trinajstić information content (AvgIpc) is 2.75. The maximum absolute atomic E-state index is 5.87. The molecule has 1 aliphatic rings. The summed E-state index contributed by atoms with van der Waals surface area (Å²) in [5, 5.41) is 3.50. The maximum atomic E-state index is 5.87. The van der Waals surface area contributed by atoms with Gasteiger partial charge in [-0.05, 0) is 47.0 Å². The van der Waals surface area contributed by atoms with Crippen LogP contribution in [-0.4, -0.2) is 34.5 Å². The van der Waals surface area contributed by atoms with Gasteiger partial charge in [0.15, 0.2) is 0 Å². The van der Waals surface area contributed by atoms with Crippen LogP contribution in [0.25, 0.3) is 0 Å². The van der Waals surface area contributed by atoms with Crippen molar-refractivity contribution in [1.82, 2.24) is 20.2 Å². The Morgan fingerprint density at radius 3 is 2.59 bits per heavy atom. The predicted molar refractivity (Wildman–Crippen MR) is 105 cm³/mol. The molecule has 1 fully saturated rings. The van der Waals surface area contributed by atoms with Crippen LogP contribution in [0.3, 0.4) is 0 Å². The molecule has 1 N–H and O–H groups in total. The summed E-state index contributed by atoms with van der Waals surface area (Å²) in [7, 11) is 0. The van der Waals surface area contributed by atoms with Gasteiger partial charge in [0, 0.05) is 57.0 Å². The van der Waals surface area contributed by atoms with Crippen molar-refractivity contribution in [3.05, 3.63) is 90.0 Å². The molecule has 0 aliphatic carbocycles. The van der Waals surface area contributed by atoms with E-state index in [1.165, 1.54) is 11.1 Å². The first-order valence-electron chi connectivity index (χ1n) is 9.34. The smallest absolute Gasteiger partial charge is 0.119 e. The van der Waals surface area contributed by atoms with Gasteiger partial charge >= 0.3 is 0 Å². The molecule has 5 heteroatoms. The molecule has 1 atom stereocenters. The molecule has 1 unspecified atom stereocenters. The molecule has 2 aromatic heterocycles. The van der Waals surface area contributed by atoms with Crippen molar-refractivity contribution in [3.8, 4) is 5.75 Å². The third-order valence-electron chi connectivity index (χ3n) is 4.89. The largest absolute Gasteiger partial charge is 0.489 e. The summed E-state index contributed by atoms with van der Waals surface area (Å²) in [4.78, 5) is 10.8. The van der Waals surface area contributed by atoms with Gasteiger partial charge in [-0.2, -0.15) is 0 Å². The van der Waals surface area contributed by atoms with E-state index in [0.29, 0.717) is 12.6 Å². The highest BCUT2D eigenvalue weighted by atomic mass is 16.5. The molecule has 3 aromatic rings. The fourth-order valence-electron chi connectivity index (χ4n) is 3.41. The summed E-state index contributed by atoms with van der Waals surface area (Å²) >= 11 is 0. The van der Waals surface area contributed by atoms with E-state index in [0.717, 1.165) is 37.5 Å². The molecule has 0 spiro atoms. The fourth-order valence-corrected chi connectivity index (χ4v) is 3.41. The number of ether oxygens (including phenoxy) is 1. The Labute approximate surface area is 160 Å². The summed E-state index contributed by atoms with van der Waals surface area (Å²) < 4.78 is 5.87. The van der Waals surface area contributed by atoms with Gasteiger partial charge in [-0.1, -0.05) is 18.2 Å². The lowest BCUT2D eigenvalue weighted by atomic mass is 10.0. The minimum absolute atomic E-state index is 0.357. The first kappa shape index (κ1) is 17.6. The number of piperazine rings is 1. The second-order valence-electron chi connectivity index (χ2n) is 6.76. The quantitative estimate of drug-likeness (QED) is 0.732. The molecule has 1 aromatic carbocycles. The van der Waals surface area contributed by atoms with Gasteiger partial charge in [0.25, 0.3) is 0 Å². The number of aromatic nitrogens is 2. The van der Waals surface area contributed by atoms with Gasteiger partial charge in [-0.15, -0.1) is 0 Å². The molecule has 1 saturated heterocycles. The molecule has 0 amide bonds. The molecule has 1 aliphatic heterocycles. The molecule has 0 bridgehead atoms. The van der Waals surface area contributed by atoms with Crippen LogP contribution in [0.5, 0.6) is 5.75 Å². The zero-order valence-corrected chi connectivity index (χ0v) is 15.3. The van der Waals surface area contributed by atoms with Crippen molar-refractivity contribution < 1.29 is 4.74 Å². The monoisotopic (exact) mass is 360 g/mol. The Balaban J connectivity index is 1.38. The van der Waals surface area contributed by atoms with Crippen LogP contribution in [0.4, 0.5) is 0 Å². The van der Waals surface area contributed by atoms with Gasteiger partial charge in [-0.25, -0.2) is 0 Å². The van der Waals surface area contributed by atoms with Gasteiger partial charge in [0.2, 0.25) is 0 Å². The zero-order valence-electron chi connectivity index (χ0n) is 15.3. The molecular weight excluding hydrogens is 336 g/mol.